The maximum absolute atomic E-state index is 8.98. The van der Waals surface area contributed by atoms with Crippen LogP contribution in [0.5, 0.6) is 0 Å². The summed E-state index contributed by atoms with van der Waals surface area (Å²) in [6, 6.07) is 9.56. The lowest BCUT2D eigenvalue weighted by Gasteiger charge is -2.04. The van der Waals surface area contributed by atoms with Gasteiger partial charge in [-0.3, -0.25) is 0 Å². The predicted molar refractivity (Wildman–Crippen MR) is 62.2 cm³/mol. The highest BCUT2D eigenvalue weighted by molar-refractivity contribution is 5.47. The van der Waals surface area contributed by atoms with Crippen LogP contribution in [0, 0.1) is 25.2 Å². The minimum atomic E-state index is 0.636. The fourth-order valence-corrected chi connectivity index (χ4v) is 1.67. The molecule has 0 unspecified atom stereocenters. The molecule has 0 saturated heterocycles. The summed E-state index contributed by atoms with van der Waals surface area (Å²) in [5, 5.41) is 13.3. The van der Waals surface area contributed by atoms with E-state index in [4.69, 9.17) is 11.0 Å². The number of aryl methyl sites for hydroxylation is 1. The third-order valence-corrected chi connectivity index (χ3v) is 2.54. The smallest absolute Gasteiger partial charge is 0.103 e. The van der Waals surface area contributed by atoms with Crippen molar-refractivity contribution < 1.29 is 0 Å². The van der Waals surface area contributed by atoms with Gasteiger partial charge in [0.2, 0.25) is 0 Å². The number of benzene rings is 1. The molecule has 0 bridgehead atoms. The van der Waals surface area contributed by atoms with Crippen molar-refractivity contribution in [2.45, 2.75) is 13.8 Å². The van der Waals surface area contributed by atoms with Crippen LogP contribution < -0.4 is 5.73 Å². The number of nitrogen functional groups attached to an aromatic ring is 1. The molecule has 2 aromatic rings. The summed E-state index contributed by atoms with van der Waals surface area (Å²) in [5.74, 6) is 0. The molecular formula is C12H12N4. The van der Waals surface area contributed by atoms with E-state index >= 15 is 0 Å². The molecule has 16 heavy (non-hydrogen) atoms. The summed E-state index contributed by atoms with van der Waals surface area (Å²) >= 11 is 0. The Bertz CT molecular complexity index is 558. The number of nitriles is 1. The molecule has 0 radical (unpaired) electrons. The van der Waals surface area contributed by atoms with Crippen molar-refractivity contribution in [1.29, 1.82) is 5.26 Å². The largest absolute Gasteiger partial charge is 0.399 e. The molecule has 2 rings (SSSR count). The summed E-state index contributed by atoms with van der Waals surface area (Å²) in [7, 11) is 0. The van der Waals surface area contributed by atoms with Crippen LogP contribution in [0.3, 0.4) is 0 Å². The van der Waals surface area contributed by atoms with Crippen molar-refractivity contribution in [3.8, 4) is 11.8 Å². The average molecular weight is 212 g/mol. The molecule has 80 valence electrons. The molecule has 4 heteroatoms. The SMILES string of the molecule is Cc1nn(-c2ccc(N)cc2)c(C)c1C#N. The van der Waals surface area contributed by atoms with Gasteiger partial charge in [0.1, 0.15) is 6.07 Å². The van der Waals surface area contributed by atoms with E-state index in [1.54, 1.807) is 4.68 Å². The molecule has 4 nitrogen and oxygen atoms in total. The lowest BCUT2D eigenvalue weighted by Crippen LogP contribution is -1.99. The average Bonchev–Trinajstić information content (AvgIpc) is 2.55. The van der Waals surface area contributed by atoms with Gasteiger partial charge in [-0.05, 0) is 38.1 Å². The van der Waals surface area contributed by atoms with E-state index in [0.717, 1.165) is 17.1 Å². The highest BCUT2D eigenvalue weighted by atomic mass is 15.3. The summed E-state index contributed by atoms with van der Waals surface area (Å²) in [6.45, 7) is 3.72. The van der Waals surface area contributed by atoms with Gasteiger partial charge in [0.25, 0.3) is 0 Å². The van der Waals surface area contributed by atoms with Crippen LogP contribution in [0.1, 0.15) is 17.0 Å². The lowest BCUT2D eigenvalue weighted by atomic mass is 10.2. The third kappa shape index (κ3) is 1.52. The van der Waals surface area contributed by atoms with Gasteiger partial charge >= 0.3 is 0 Å². The number of nitrogens with zero attached hydrogens (tertiary/aromatic N) is 3. The van der Waals surface area contributed by atoms with Crippen molar-refractivity contribution in [2.24, 2.45) is 0 Å². The van der Waals surface area contributed by atoms with Crippen LogP contribution in [-0.4, -0.2) is 9.78 Å². The number of aromatic nitrogens is 2. The standard InChI is InChI=1S/C12H12N4/c1-8-12(7-13)9(2)16(15-8)11-5-3-10(14)4-6-11/h3-6H,14H2,1-2H3. The van der Waals surface area contributed by atoms with Gasteiger partial charge < -0.3 is 5.73 Å². The van der Waals surface area contributed by atoms with Crippen molar-refractivity contribution in [2.75, 3.05) is 5.73 Å². The van der Waals surface area contributed by atoms with E-state index in [-0.39, 0.29) is 0 Å². The van der Waals surface area contributed by atoms with E-state index in [1.807, 2.05) is 38.1 Å². The van der Waals surface area contributed by atoms with E-state index in [9.17, 15) is 0 Å². The highest BCUT2D eigenvalue weighted by Crippen LogP contribution is 2.17. The van der Waals surface area contributed by atoms with E-state index in [2.05, 4.69) is 11.2 Å². The third-order valence-electron chi connectivity index (χ3n) is 2.54. The minimum Gasteiger partial charge on any atom is -0.399 e. The molecule has 0 aliphatic carbocycles. The highest BCUT2D eigenvalue weighted by Gasteiger charge is 2.11. The Morgan fingerprint density at radius 2 is 1.88 bits per heavy atom. The first-order valence-electron chi connectivity index (χ1n) is 4.95. The van der Waals surface area contributed by atoms with Gasteiger partial charge in [0, 0.05) is 5.69 Å². The molecule has 2 N–H and O–H groups in total. The zero-order valence-corrected chi connectivity index (χ0v) is 9.23. The summed E-state index contributed by atoms with van der Waals surface area (Å²) in [6.07, 6.45) is 0. The van der Waals surface area contributed by atoms with Crippen LogP contribution in [0.4, 0.5) is 5.69 Å². The van der Waals surface area contributed by atoms with Gasteiger partial charge in [-0.2, -0.15) is 10.4 Å². The maximum Gasteiger partial charge on any atom is 0.103 e. The Hall–Kier alpha value is -2.28. The van der Waals surface area contributed by atoms with Crippen LogP contribution in [0.25, 0.3) is 5.69 Å². The van der Waals surface area contributed by atoms with Gasteiger partial charge in [-0.15, -0.1) is 0 Å². The van der Waals surface area contributed by atoms with Crippen molar-refractivity contribution >= 4 is 5.69 Å². The molecule has 0 aliphatic rings. The molecule has 0 amide bonds. The molecule has 0 fully saturated rings. The molecule has 0 saturated carbocycles. The zero-order chi connectivity index (χ0) is 11.7. The van der Waals surface area contributed by atoms with Crippen molar-refractivity contribution in [3.63, 3.8) is 0 Å². The molecular weight excluding hydrogens is 200 g/mol. The number of nitrogens with two attached hydrogens (primary N) is 1. The fourth-order valence-electron chi connectivity index (χ4n) is 1.67. The normalized spacial score (nSPS) is 10.1. The van der Waals surface area contributed by atoms with E-state index in [0.29, 0.717) is 11.3 Å². The van der Waals surface area contributed by atoms with E-state index in [1.165, 1.54) is 0 Å². The minimum absolute atomic E-state index is 0.636. The van der Waals surface area contributed by atoms with Crippen LogP contribution in [-0.2, 0) is 0 Å². The number of anilines is 1. The quantitative estimate of drug-likeness (QED) is 0.734. The van der Waals surface area contributed by atoms with Gasteiger partial charge in [0.05, 0.1) is 22.6 Å². The number of rotatable bonds is 1. The predicted octanol–water partition coefficient (Wildman–Crippen LogP) is 1.94. The molecule has 1 aromatic carbocycles. The zero-order valence-electron chi connectivity index (χ0n) is 9.23. The second kappa shape index (κ2) is 3.70. The van der Waals surface area contributed by atoms with Gasteiger partial charge in [0.15, 0.2) is 0 Å². The summed E-state index contributed by atoms with van der Waals surface area (Å²) in [4.78, 5) is 0. The lowest BCUT2D eigenvalue weighted by molar-refractivity contribution is 0.833. The first-order valence-corrected chi connectivity index (χ1v) is 4.95. The first kappa shape index (κ1) is 10.2. The fraction of sp³-hybridized carbons (Fsp3) is 0.167. The maximum atomic E-state index is 8.98. The van der Waals surface area contributed by atoms with E-state index < -0.39 is 0 Å². The molecule has 0 spiro atoms. The van der Waals surface area contributed by atoms with Crippen molar-refractivity contribution in [1.82, 2.24) is 9.78 Å². The Balaban J connectivity index is 2.58. The number of hydrogen-bond donors (Lipinski definition) is 1. The molecule has 1 heterocycles. The monoisotopic (exact) mass is 212 g/mol. The Labute approximate surface area is 93.9 Å². The van der Waals surface area contributed by atoms with Crippen LogP contribution in [0.2, 0.25) is 0 Å². The van der Waals surface area contributed by atoms with Crippen molar-refractivity contribution in [3.05, 3.63) is 41.2 Å². The number of hydrogen-bond acceptors (Lipinski definition) is 3. The summed E-state index contributed by atoms with van der Waals surface area (Å²) < 4.78 is 1.76. The molecule has 0 atom stereocenters. The van der Waals surface area contributed by atoms with Gasteiger partial charge in [-0.25, -0.2) is 4.68 Å². The summed E-state index contributed by atoms with van der Waals surface area (Å²) in [5.41, 5.74) is 9.48. The first-order chi connectivity index (χ1) is 7.63. The Morgan fingerprint density at radius 1 is 1.25 bits per heavy atom. The van der Waals surface area contributed by atoms with Crippen LogP contribution in [0.15, 0.2) is 24.3 Å². The molecule has 1 aromatic heterocycles. The molecule has 0 aliphatic heterocycles. The Morgan fingerprint density at radius 3 is 2.38 bits per heavy atom. The van der Waals surface area contributed by atoms with Crippen LogP contribution >= 0.6 is 0 Å². The topological polar surface area (TPSA) is 67.6 Å². The Kier molecular flexibility index (Phi) is 2.37. The second-order valence-corrected chi connectivity index (χ2v) is 3.66. The second-order valence-electron chi connectivity index (χ2n) is 3.66. The van der Waals surface area contributed by atoms with Gasteiger partial charge in [-0.1, -0.05) is 0 Å².